The molecule has 0 radical (unpaired) electrons. The van der Waals surface area contributed by atoms with Crippen LogP contribution in [-0.2, 0) is 14.4 Å². The number of hydrogen-bond donors (Lipinski definition) is 1. The van der Waals surface area contributed by atoms with Crippen molar-refractivity contribution in [3.8, 4) is 0 Å². The van der Waals surface area contributed by atoms with Gasteiger partial charge in [0.25, 0.3) is 5.91 Å². The Kier molecular flexibility index (Phi) is 6.46. The standard InChI is InChI=1S/C19H19FN2O4S2/c20-14-3-1-12(2-4-14)11-15-17(24)22(19(27)28-15)10-7-16(23)21-8-5-13(6-9-21)18(25)26/h1-4,11,13H,5-10H2,(H,25,26). The highest BCUT2D eigenvalue weighted by atomic mass is 32.2. The molecule has 2 heterocycles. The summed E-state index contributed by atoms with van der Waals surface area (Å²) in [6.07, 6.45) is 2.68. The number of likely N-dealkylation sites (tertiary alicyclic amines) is 1. The zero-order valence-corrected chi connectivity index (χ0v) is 16.6. The number of aliphatic carboxylic acids is 1. The van der Waals surface area contributed by atoms with Crippen LogP contribution in [0.3, 0.4) is 0 Å². The number of rotatable bonds is 5. The van der Waals surface area contributed by atoms with Gasteiger partial charge in [0.2, 0.25) is 5.91 Å². The second-order valence-corrected chi connectivity index (χ2v) is 8.30. The van der Waals surface area contributed by atoms with Gasteiger partial charge in [-0.15, -0.1) is 0 Å². The largest absolute Gasteiger partial charge is 0.481 e. The van der Waals surface area contributed by atoms with Gasteiger partial charge in [0, 0.05) is 26.1 Å². The molecule has 148 valence electrons. The van der Waals surface area contributed by atoms with E-state index in [1.165, 1.54) is 17.0 Å². The molecule has 0 bridgehead atoms. The van der Waals surface area contributed by atoms with Crippen molar-refractivity contribution in [2.24, 2.45) is 5.92 Å². The lowest BCUT2D eigenvalue weighted by molar-refractivity contribution is -0.145. The summed E-state index contributed by atoms with van der Waals surface area (Å²) in [6.45, 7) is 1.01. The molecule has 1 N–H and O–H groups in total. The number of carboxylic acid groups (broad SMARTS) is 1. The van der Waals surface area contributed by atoms with Crippen LogP contribution in [0.4, 0.5) is 4.39 Å². The van der Waals surface area contributed by atoms with Crippen LogP contribution in [0.5, 0.6) is 0 Å². The summed E-state index contributed by atoms with van der Waals surface area (Å²) in [5, 5.41) is 9.02. The molecule has 3 rings (SSSR count). The first-order chi connectivity index (χ1) is 13.3. The van der Waals surface area contributed by atoms with Crippen molar-refractivity contribution in [3.05, 3.63) is 40.6 Å². The van der Waals surface area contributed by atoms with Crippen LogP contribution in [0.15, 0.2) is 29.2 Å². The number of thioether (sulfide) groups is 1. The van der Waals surface area contributed by atoms with Gasteiger partial charge in [-0.05, 0) is 36.6 Å². The van der Waals surface area contributed by atoms with Crippen LogP contribution < -0.4 is 0 Å². The highest BCUT2D eigenvalue weighted by molar-refractivity contribution is 8.26. The van der Waals surface area contributed by atoms with E-state index in [-0.39, 0.29) is 30.6 Å². The maximum atomic E-state index is 13.0. The van der Waals surface area contributed by atoms with E-state index in [1.807, 2.05) is 0 Å². The van der Waals surface area contributed by atoms with Crippen molar-refractivity contribution < 1.29 is 23.9 Å². The maximum Gasteiger partial charge on any atom is 0.306 e. The summed E-state index contributed by atoms with van der Waals surface area (Å²) < 4.78 is 13.4. The van der Waals surface area contributed by atoms with Crippen molar-refractivity contribution in [2.75, 3.05) is 19.6 Å². The molecule has 0 saturated carbocycles. The second kappa shape index (κ2) is 8.83. The van der Waals surface area contributed by atoms with E-state index >= 15 is 0 Å². The minimum Gasteiger partial charge on any atom is -0.481 e. The number of thiocarbonyl (C=S) groups is 1. The van der Waals surface area contributed by atoms with Gasteiger partial charge >= 0.3 is 5.97 Å². The molecule has 2 saturated heterocycles. The summed E-state index contributed by atoms with van der Waals surface area (Å²) in [5.41, 5.74) is 0.694. The second-order valence-electron chi connectivity index (χ2n) is 6.63. The van der Waals surface area contributed by atoms with Crippen LogP contribution in [-0.4, -0.2) is 56.6 Å². The fourth-order valence-corrected chi connectivity index (χ4v) is 4.45. The molecule has 0 spiro atoms. The summed E-state index contributed by atoms with van der Waals surface area (Å²) in [5.74, 6) is -1.95. The molecule has 1 aromatic carbocycles. The first-order valence-corrected chi connectivity index (χ1v) is 10.1. The molecule has 0 atom stereocenters. The van der Waals surface area contributed by atoms with Gasteiger partial charge in [0.1, 0.15) is 10.1 Å². The minimum atomic E-state index is -0.822. The smallest absolute Gasteiger partial charge is 0.306 e. The predicted molar refractivity (Wildman–Crippen MR) is 108 cm³/mol. The zero-order chi connectivity index (χ0) is 20.3. The molecule has 1 aromatic rings. The lowest BCUT2D eigenvalue weighted by atomic mass is 9.97. The minimum absolute atomic E-state index is 0.111. The molecule has 9 heteroatoms. The van der Waals surface area contributed by atoms with Gasteiger partial charge in [0.15, 0.2) is 0 Å². The highest BCUT2D eigenvalue weighted by Gasteiger charge is 2.33. The fourth-order valence-electron chi connectivity index (χ4n) is 3.14. The number of carbonyl (C=O) groups is 3. The molecular formula is C19H19FN2O4S2. The number of nitrogens with zero attached hydrogens (tertiary/aromatic N) is 2. The Morgan fingerprint density at radius 3 is 2.50 bits per heavy atom. The van der Waals surface area contributed by atoms with E-state index in [9.17, 15) is 18.8 Å². The van der Waals surface area contributed by atoms with Crippen LogP contribution >= 0.6 is 24.0 Å². The number of benzene rings is 1. The third-order valence-corrected chi connectivity index (χ3v) is 6.17. The molecule has 28 heavy (non-hydrogen) atoms. The summed E-state index contributed by atoms with van der Waals surface area (Å²) in [4.78, 5) is 39.4. The van der Waals surface area contributed by atoms with Gasteiger partial charge in [-0.2, -0.15) is 0 Å². The van der Waals surface area contributed by atoms with Gasteiger partial charge in [-0.3, -0.25) is 19.3 Å². The first-order valence-electron chi connectivity index (χ1n) is 8.86. The van der Waals surface area contributed by atoms with Crippen LogP contribution in [0.1, 0.15) is 24.8 Å². The topological polar surface area (TPSA) is 77.9 Å². The van der Waals surface area contributed by atoms with Crippen molar-refractivity contribution in [1.82, 2.24) is 9.80 Å². The van der Waals surface area contributed by atoms with Crippen LogP contribution in [0.25, 0.3) is 6.08 Å². The fraction of sp³-hybridized carbons (Fsp3) is 0.368. The van der Waals surface area contributed by atoms with Gasteiger partial charge in [0.05, 0.1) is 10.8 Å². The van der Waals surface area contributed by atoms with Crippen molar-refractivity contribution in [3.63, 3.8) is 0 Å². The summed E-state index contributed by atoms with van der Waals surface area (Å²) >= 11 is 6.42. The Morgan fingerprint density at radius 2 is 1.89 bits per heavy atom. The Hall–Kier alpha value is -2.26. The van der Waals surface area contributed by atoms with Crippen LogP contribution in [0.2, 0.25) is 0 Å². The Bertz CT molecular complexity index is 833. The molecule has 2 fully saturated rings. The van der Waals surface area contributed by atoms with Crippen molar-refractivity contribution >= 4 is 52.2 Å². The Labute approximate surface area is 171 Å². The van der Waals surface area contributed by atoms with Crippen molar-refractivity contribution in [2.45, 2.75) is 19.3 Å². The number of hydrogen-bond acceptors (Lipinski definition) is 5. The molecule has 0 unspecified atom stereocenters. The summed E-state index contributed by atoms with van der Waals surface area (Å²) in [7, 11) is 0. The van der Waals surface area contributed by atoms with Crippen LogP contribution in [0, 0.1) is 11.7 Å². The third kappa shape index (κ3) is 4.77. The van der Waals surface area contributed by atoms with E-state index < -0.39 is 11.9 Å². The highest BCUT2D eigenvalue weighted by Crippen LogP contribution is 2.32. The van der Waals surface area contributed by atoms with E-state index in [4.69, 9.17) is 17.3 Å². The van der Waals surface area contributed by atoms with Crippen molar-refractivity contribution in [1.29, 1.82) is 0 Å². The molecule has 0 aliphatic carbocycles. The van der Waals surface area contributed by atoms with Gasteiger partial charge in [-0.1, -0.05) is 36.1 Å². The van der Waals surface area contributed by atoms with E-state index in [1.54, 1.807) is 23.1 Å². The lowest BCUT2D eigenvalue weighted by Gasteiger charge is -2.30. The first kappa shape index (κ1) is 20.5. The normalized spacial score (nSPS) is 19.5. The number of piperidine rings is 1. The molecule has 2 aliphatic heterocycles. The number of halogens is 1. The number of amides is 2. The third-order valence-electron chi connectivity index (χ3n) is 4.79. The average molecular weight is 423 g/mol. The number of carbonyl (C=O) groups excluding carboxylic acids is 2. The Balaban J connectivity index is 1.55. The average Bonchev–Trinajstić information content (AvgIpc) is 2.94. The molecule has 2 amide bonds. The van der Waals surface area contributed by atoms with E-state index in [2.05, 4.69) is 0 Å². The lowest BCUT2D eigenvalue weighted by Crippen LogP contribution is -2.41. The molecule has 0 aromatic heterocycles. The Morgan fingerprint density at radius 1 is 1.25 bits per heavy atom. The zero-order valence-electron chi connectivity index (χ0n) is 15.0. The molecular weight excluding hydrogens is 403 g/mol. The monoisotopic (exact) mass is 422 g/mol. The number of carboxylic acids is 1. The quantitative estimate of drug-likeness (QED) is 0.581. The van der Waals surface area contributed by atoms with E-state index in [0.717, 1.165) is 11.8 Å². The summed E-state index contributed by atoms with van der Waals surface area (Å²) in [6, 6.07) is 5.79. The SMILES string of the molecule is O=C(O)C1CCN(C(=O)CCN2C(=O)C(=Cc3ccc(F)cc3)SC2=S)CC1. The van der Waals surface area contributed by atoms with Gasteiger partial charge < -0.3 is 10.0 Å². The molecule has 2 aliphatic rings. The predicted octanol–water partition coefficient (Wildman–Crippen LogP) is 2.74. The van der Waals surface area contributed by atoms with Gasteiger partial charge in [-0.25, -0.2) is 4.39 Å². The molecule has 6 nitrogen and oxygen atoms in total. The van der Waals surface area contributed by atoms with E-state index in [0.29, 0.717) is 40.7 Å². The maximum absolute atomic E-state index is 13.0.